The normalized spacial score (nSPS) is 12.6. The summed E-state index contributed by atoms with van der Waals surface area (Å²) in [6, 6.07) is 17.9. The average molecular weight is 616 g/mol. The number of nitrogens with one attached hydrogen (secondary N) is 3. The highest BCUT2D eigenvalue weighted by molar-refractivity contribution is 7.17. The van der Waals surface area contributed by atoms with E-state index >= 15 is 0 Å². The summed E-state index contributed by atoms with van der Waals surface area (Å²) < 4.78 is 3.04. The third kappa shape index (κ3) is 5.21. The van der Waals surface area contributed by atoms with Crippen LogP contribution in [-0.4, -0.2) is 30.8 Å². The third-order valence-corrected chi connectivity index (χ3v) is 9.33. The van der Waals surface area contributed by atoms with Crippen LogP contribution in [0.5, 0.6) is 0 Å². The first-order valence-electron chi connectivity index (χ1n) is 14.7. The van der Waals surface area contributed by atoms with E-state index in [2.05, 4.69) is 15.6 Å². The van der Waals surface area contributed by atoms with Crippen LogP contribution in [0.25, 0.3) is 16.7 Å². The fraction of sp³-hybridized carbons (Fsp3) is 0.176. The summed E-state index contributed by atoms with van der Waals surface area (Å²) in [4.78, 5) is 51.4. The number of anilines is 2. The lowest BCUT2D eigenvalue weighted by molar-refractivity contribution is 0.102. The number of pyridine rings is 3. The van der Waals surface area contributed by atoms with Crippen molar-refractivity contribution < 1.29 is 9.59 Å². The molecule has 224 valence electrons. The Morgan fingerprint density at radius 1 is 0.956 bits per heavy atom. The molecule has 10 nitrogen and oxygen atoms in total. The summed E-state index contributed by atoms with van der Waals surface area (Å²) in [6.45, 7) is 2.07. The van der Waals surface area contributed by atoms with Crippen LogP contribution in [0.15, 0.2) is 84.0 Å². The molecular formula is C34H29N7O3S. The topological polar surface area (TPSA) is 134 Å². The predicted molar refractivity (Wildman–Crippen MR) is 174 cm³/mol. The van der Waals surface area contributed by atoms with Gasteiger partial charge in [0.05, 0.1) is 23.1 Å². The number of aromatic nitrogens is 4. The smallest absolute Gasteiger partial charge is 0.267 e. The number of fused-ring (bicyclic) bond motifs is 3. The second-order valence-corrected chi connectivity index (χ2v) is 12.2. The molecule has 5 heterocycles. The van der Waals surface area contributed by atoms with E-state index in [9.17, 15) is 19.8 Å². The molecule has 7 rings (SSSR count). The Morgan fingerprint density at radius 3 is 2.53 bits per heavy atom. The van der Waals surface area contributed by atoms with Gasteiger partial charge in [0, 0.05) is 29.2 Å². The van der Waals surface area contributed by atoms with Gasteiger partial charge in [0.1, 0.15) is 21.8 Å². The number of hydrogen-bond acceptors (Lipinski definition) is 7. The highest BCUT2D eigenvalue weighted by atomic mass is 32.1. The lowest BCUT2D eigenvalue weighted by Gasteiger charge is -2.16. The van der Waals surface area contributed by atoms with Crippen molar-refractivity contribution in [2.45, 2.75) is 39.2 Å². The summed E-state index contributed by atoms with van der Waals surface area (Å²) in [6.07, 6.45) is 8.51. The molecule has 3 N–H and O–H groups in total. The van der Waals surface area contributed by atoms with Crippen LogP contribution in [0.1, 0.15) is 55.1 Å². The molecular weight excluding hydrogens is 586 g/mol. The Kier molecular flexibility index (Phi) is 7.30. The molecule has 5 aromatic heterocycles. The van der Waals surface area contributed by atoms with E-state index in [1.807, 2.05) is 55.5 Å². The van der Waals surface area contributed by atoms with Crippen molar-refractivity contribution >= 4 is 50.5 Å². The molecule has 0 spiro atoms. The fourth-order valence-electron chi connectivity index (χ4n) is 5.87. The molecule has 0 fully saturated rings. The minimum Gasteiger partial charge on any atom is -0.322 e. The molecule has 0 atom stereocenters. The number of para-hydroxylation sites is 1. The number of thiophene rings is 1. The average Bonchev–Trinajstić information content (AvgIpc) is 3.42. The molecule has 0 bridgehead atoms. The van der Waals surface area contributed by atoms with Gasteiger partial charge in [-0.25, -0.2) is 4.98 Å². The zero-order valence-corrected chi connectivity index (χ0v) is 25.3. The number of carbonyl (C=O) groups is 2. The highest BCUT2D eigenvalue weighted by Crippen LogP contribution is 2.38. The molecule has 0 saturated heterocycles. The van der Waals surface area contributed by atoms with Crippen LogP contribution in [0, 0.1) is 12.3 Å². The van der Waals surface area contributed by atoms with Gasteiger partial charge < -0.3 is 15.2 Å². The maximum atomic E-state index is 14.0. The predicted octanol–water partition coefficient (Wildman–Crippen LogP) is 5.33. The summed E-state index contributed by atoms with van der Waals surface area (Å²) in [7, 11) is 0. The van der Waals surface area contributed by atoms with E-state index in [0.717, 1.165) is 47.3 Å². The van der Waals surface area contributed by atoms with Gasteiger partial charge in [-0.2, -0.15) is 0 Å². The van der Waals surface area contributed by atoms with Crippen molar-refractivity contribution in [3.05, 3.63) is 128 Å². The van der Waals surface area contributed by atoms with Crippen molar-refractivity contribution in [2.75, 3.05) is 10.6 Å². The van der Waals surface area contributed by atoms with E-state index < -0.39 is 5.91 Å². The fourth-order valence-corrected chi connectivity index (χ4v) is 7.16. The molecule has 0 aliphatic heterocycles. The number of amides is 2. The molecule has 11 heteroatoms. The van der Waals surface area contributed by atoms with E-state index in [1.165, 1.54) is 21.8 Å². The molecule has 6 aromatic rings. The summed E-state index contributed by atoms with van der Waals surface area (Å²) in [5.41, 5.74) is 4.06. The van der Waals surface area contributed by atoms with Crippen LogP contribution in [0.4, 0.5) is 10.7 Å². The van der Waals surface area contributed by atoms with Crippen LogP contribution in [0.3, 0.4) is 0 Å². The lowest BCUT2D eigenvalue weighted by Crippen LogP contribution is -2.32. The lowest BCUT2D eigenvalue weighted by atomic mass is 9.95. The van der Waals surface area contributed by atoms with Crippen molar-refractivity contribution in [1.29, 1.82) is 5.41 Å². The maximum absolute atomic E-state index is 14.0. The number of hydrogen-bond donors (Lipinski definition) is 3. The zero-order chi connectivity index (χ0) is 31.1. The standard InChI is InChI=1S/C34H29N7O3S/c1-20-8-7-17-40-29(20)38-30-25(34(40)44)18-24(28(35)41(30)19-21-13-15-36-16-14-21)31(42)39-33-27(23-11-5-6-12-26(23)45-33)32(43)37-22-9-3-2-4-10-22/h2-4,7-10,13-18,35H,5-6,11-12,19H2,1H3,(H,37,43)(H,39,42). The van der Waals surface area contributed by atoms with Crippen molar-refractivity contribution in [3.63, 3.8) is 0 Å². The third-order valence-electron chi connectivity index (χ3n) is 8.13. The van der Waals surface area contributed by atoms with Gasteiger partial charge in [0.15, 0.2) is 0 Å². The number of nitrogens with zero attached hydrogens (tertiary/aromatic N) is 4. The molecule has 0 unspecified atom stereocenters. The van der Waals surface area contributed by atoms with Crippen LogP contribution < -0.4 is 21.7 Å². The molecule has 45 heavy (non-hydrogen) atoms. The number of carbonyl (C=O) groups excluding carboxylic acids is 2. The molecule has 1 aromatic carbocycles. The van der Waals surface area contributed by atoms with Crippen LogP contribution in [-0.2, 0) is 19.4 Å². The van der Waals surface area contributed by atoms with E-state index in [4.69, 9.17) is 4.98 Å². The van der Waals surface area contributed by atoms with Crippen molar-refractivity contribution in [3.8, 4) is 0 Å². The quantitative estimate of drug-likeness (QED) is 0.218. The SMILES string of the molecule is Cc1cccn2c(=O)c3cc(C(=O)Nc4sc5c(c4C(=O)Nc4ccccc4)CCCC5)c(=N)n(Cc4ccncc4)c3nc12. The largest absolute Gasteiger partial charge is 0.322 e. The maximum Gasteiger partial charge on any atom is 0.267 e. The minimum absolute atomic E-state index is 0.00356. The molecule has 0 radical (unpaired) electrons. The number of aryl methyl sites for hydroxylation is 2. The van der Waals surface area contributed by atoms with Crippen LogP contribution >= 0.6 is 11.3 Å². The second kappa shape index (κ2) is 11.6. The van der Waals surface area contributed by atoms with Gasteiger partial charge in [0.25, 0.3) is 17.4 Å². The monoisotopic (exact) mass is 615 g/mol. The number of rotatable bonds is 6. The molecule has 2 amide bonds. The second-order valence-electron chi connectivity index (χ2n) is 11.1. The minimum atomic E-state index is -0.577. The molecule has 1 aliphatic carbocycles. The Morgan fingerprint density at radius 2 is 1.73 bits per heavy atom. The molecule has 0 saturated carbocycles. The summed E-state index contributed by atoms with van der Waals surface area (Å²) in [5.74, 6) is -0.871. The van der Waals surface area contributed by atoms with E-state index in [-0.39, 0.29) is 34.4 Å². The first-order chi connectivity index (χ1) is 21.9. The van der Waals surface area contributed by atoms with Gasteiger partial charge in [-0.15, -0.1) is 11.3 Å². The van der Waals surface area contributed by atoms with Gasteiger partial charge in [-0.05, 0) is 85.7 Å². The summed E-state index contributed by atoms with van der Waals surface area (Å²) >= 11 is 1.40. The Bertz CT molecular complexity index is 2240. The highest BCUT2D eigenvalue weighted by Gasteiger charge is 2.28. The first kappa shape index (κ1) is 28.4. The van der Waals surface area contributed by atoms with Gasteiger partial charge in [0.2, 0.25) is 0 Å². The van der Waals surface area contributed by atoms with Crippen molar-refractivity contribution in [1.82, 2.24) is 18.9 Å². The van der Waals surface area contributed by atoms with Gasteiger partial charge in [-0.1, -0.05) is 24.3 Å². The van der Waals surface area contributed by atoms with Crippen molar-refractivity contribution in [2.24, 2.45) is 0 Å². The number of benzene rings is 1. The summed E-state index contributed by atoms with van der Waals surface area (Å²) in [5, 5.41) is 15.8. The van der Waals surface area contributed by atoms with E-state index in [1.54, 1.807) is 29.2 Å². The molecule has 1 aliphatic rings. The Hall–Kier alpha value is -5.42. The first-order valence-corrected chi connectivity index (χ1v) is 15.5. The van der Waals surface area contributed by atoms with Crippen LogP contribution in [0.2, 0.25) is 0 Å². The van der Waals surface area contributed by atoms with Gasteiger partial charge >= 0.3 is 0 Å². The van der Waals surface area contributed by atoms with Gasteiger partial charge in [-0.3, -0.25) is 29.2 Å². The van der Waals surface area contributed by atoms with E-state index in [0.29, 0.717) is 27.5 Å². The Labute approximate surface area is 261 Å². The Balaban J connectivity index is 1.35. The zero-order valence-electron chi connectivity index (χ0n) is 24.5.